The monoisotopic (exact) mass is 499 g/mol. The maximum atomic E-state index is 12.4. The first kappa shape index (κ1) is 22.5. The van der Waals surface area contributed by atoms with Crippen molar-refractivity contribution in [3.8, 4) is 6.07 Å². The standard InChI is InChI=1S/C22H18BrN3O4S/c1-15-2-6-18(7-3-15)26-22(27)16(13-24)12-19-8-9-20(30-19)14-25-31(28,29)21-10-4-17(23)5-11-21/h2-12,25H,14H2,1H3,(H,26,27)/b16-12-. The van der Waals surface area contributed by atoms with Crippen molar-refractivity contribution in [3.05, 3.63) is 87.8 Å². The van der Waals surface area contributed by atoms with E-state index < -0.39 is 15.9 Å². The van der Waals surface area contributed by atoms with Crippen molar-refractivity contribution >= 4 is 43.6 Å². The molecule has 3 aromatic rings. The Bertz CT molecular complexity index is 1260. The quantitative estimate of drug-likeness (QED) is 0.370. The molecule has 0 aliphatic rings. The van der Waals surface area contributed by atoms with Gasteiger partial charge in [-0.05, 0) is 55.5 Å². The summed E-state index contributed by atoms with van der Waals surface area (Å²) in [7, 11) is -3.71. The highest BCUT2D eigenvalue weighted by atomic mass is 79.9. The molecular formula is C22H18BrN3O4S. The van der Waals surface area contributed by atoms with Crippen LogP contribution in [0.5, 0.6) is 0 Å². The lowest BCUT2D eigenvalue weighted by Gasteiger charge is -2.05. The van der Waals surface area contributed by atoms with Gasteiger partial charge in [0.1, 0.15) is 23.2 Å². The third-order valence-corrected chi connectivity index (χ3v) is 6.15. The maximum absolute atomic E-state index is 12.4. The largest absolute Gasteiger partial charge is 0.460 e. The maximum Gasteiger partial charge on any atom is 0.266 e. The molecule has 0 saturated carbocycles. The molecule has 1 amide bonds. The van der Waals surface area contributed by atoms with Crippen molar-refractivity contribution in [2.24, 2.45) is 0 Å². The summed E-state index contributed by atoms with van der Waals surface area (Å²) in [5, 5.41) is 12.0. The molecule has 3 rings (SSSR count). The Morgan fingerprint density at radius 2 is 1.77 bits per heavy atom. The molecule has 2 N–H and O–H groups in total. The Morgan fingerprint density at radius 3 is 2.42 bits per heavy atom. The third-order valence-electron chi connectivity index (χ3n) is 4.20. The second kappa shape index (κ2) is 9.75. The zero-order valence-electron chi connectivity index (χ0n) is 16.4. The van der Waals surface area contributed by atoms with Crippen LogP contribution in [-0.4, -0.2) is 14.3 Å². The Morgan fingerprint density at radius 1 is 1.10 bits per heavy atom. The zero-order valence-corrected chi connectivity index (χ0v) is 18.8. The smallest absolute Gasteiger partial charge is 0.266 e. The van der Waals surface area contributed by atoms with E-state index in [2.05, 4.69) is 26.0 Å². The van der Waals surface area contributed by atoms with E-state index in [1.165, 1.54) is 18.2 Å². The molecule has 0 radical (unpaired) electrons. The number of amides is 1. The minimum absolute atomic E-state index is 0.0797. The normalized spacial score (nSPS) is 11.7. The summed E-state index contributed by atoms with van der Waals surface area (Å²) in [4.78, 5) is 12.5. The fourth-order valence-corrected chi connectivity index (χ4v) is 3.81. The van der Waals surface area contributed by atoms with E-state index in [4.69, 9.17) is 4.42 Å². The predicted octanol–water partition coefficient (Wildman–Crippen LogP) is 4.37. The van der Waals surface area contributed by atoms with E-state index in [9.17, 15) is 18.5 Å². The minimum Gasteiger partial charge on any atom is -0.460 e. The van der Waals surface area contributed by atoms with E-state index in [0.29, 0.717) is 11.4 Å². The Labute approximate surface area is 188 Å². The van der Waals surface area contributed by atoms with Gasteiger partial charge in [-0.3, -0.25) is 4.79 Å². The number of nitrogens with one attached hydrogen (secondary N) is 2. The first-order chi connectivity index (χ1) is 14.8. The van der Waals surface area contributed by atoms with Gasteiger partial charge in [-0.1, -0.05) is 33.6 Å². The number of hydrogen-bond acceptors (Lipinski definition) is 5. The summed E-state index contributed by atoms with van der Waals surface area (Å²) in [6.45, 7) is 1.85. The highest BCUT2D eigenvalue weighted by Gasteiger charge is 2.15. The molecule has 1 aromatic heterocycles. The van der Waals surface area contributed by atoms with Gasteiger partial charge in [0.05, 0.1) is 11.4 Å². The van der Waals surface area contributed by atoms with Crippen LogP contribution in [0, 0.1) is 18.3 Å². The number of halogens is 1. The summed E-state index contributed by atoms with van der Waals surface area (Å²) in [6.07, 6.45) is 1.30. The van der Waals surface area contributed by atoms with Gasteiger partial charge in [0, 0.05) is 16.2 Å². The van der Waals surface area contributed by atoms with Crippen LogP contribution >= 0.6 is 15.9 Å². The topological polar surface area (TPSA) is 112 Å². The van der Waals surface area contributed by atoms with Crippen LogP contribution in [0.4, 0.5) is 5.69 Å². The molecule has 0 saturated heterocycles. The highest BCUT2D eigenvalue weighted by Crippen LogP contribution is 2.17. The molecule has 158 valence electrons. The van der Waals surface area contributed by atoms with Gasteiger partial charge in [-0.25, -0.2) is 13.1 Å². The number of anilines is 1. The van der Waals surface area contributed by atoms with Crippen molar-refractivity contribution in [3.63, 3.8) is 0 Å². The molecule has 0 bridgehead atoms. The Kier molecular flexibility index (Phi) is 7.07. The van der Waals surface area contributed by atoms with Crippen LogP contribution in [0.15, 0.2) is 80.0 Å². The molecule has 0 aliphatic carbocycles. The van der Waals surface area contributed by atoms with Gasteiger partial charge in [0.25, 0.3) is 5.91 Å². The van der Waals surface area contributed by atoms with Crippen molar-refractivity contribution in [2.75, 3.05) is 5.32 Å². The molecule has 0 aliphatic heterocycles. The van der Waals surface area contributed by atoms with Crippen LogP contribution in [0.3, 0.4) is 0 Å². The summed E-state index contributed by atoms with van der Waals surface area (Å²) >= 11 is 3.26. The number of hydrogen-bond donors (Lipinski definition) is 2. The second-order valence-electron chi connectivity index (χ2n) is 6.57. The SMILES string of the molecule is Cc1ccc(NC(=O)/C(C#N)=C\c2ccc(CNS(=O)(=O)c3ccc(Br)cc3)o2)cc1. The lowest BCUT2D eigenvalue weighted by atomic mass is 10.2. The molecule has 0 atom stereocenters. The predicted molar refractivity (Wildman–Crippen MR) is 120 cm³/mol. The van der Waals surface area contributed by atoms with Gasteiger partial charge in [0.15, 0.2) is 0 Å². The average molecular weight is 500 g/mol. The number of nitrogens with zero attached hydrogens (tertiary/aromatic N) is 1. The number of nitriles is 1. The average Bonchev–Trinajstić information content (AvgIpc) is 3.20. The zero-order chi connectivity index (χ0) is 22.4. The van der Waals surface area contributed by atoms with Crippen LogP contribution < -0.4 is 10.0 Å². The summed E-state index contributed by atoms with van der Waals surface area (Å²) < 4.78 is 33.5. The second-order valence-corrected chi connectivity index (χ2v) is 9.26. The fourth-order valence-electron chi connectivity index (χ4n) is 2.56. The number of furan rings is 1. The van der Waals surface area contributed by atoms with Gasteiger partial charge in [-0.2, -0.15) is 5.26 Å². The van der Waals surface area contributed by atoms with Crippen LogP contribution in [0.25, 0.3) is 6.08 Å². The van der Waals surface area contributed by atoms with E-state index in [-0.39, 0.29) is 22.8 Å². The van der Waals surface area contributed by atoms with Gasteiger partial charge in [0.2, 0.25) is 10.0 Å². The third kappa shape index (κ3) is 6.15. The van der Waals surface area contributed by atoms with Crippen molar-refractivity contribution < 1.29 is 17.6 Å². The number of benzene rings is 2. The first-order valence-corrected chi connectivity index (χ1v) is 11.4. The number of aryl methyl sites for hydroxylation is 1. The van der Waals surface area contributed by atoms with Crippen LogP contribution in [0.2, 0.25) is 0 Å². The van der Waals surface area contributed by atoms with Crippen molar-refractivity contribution in [2.45, 2.75) is 18.4 Å². The molecular weight excluding hydrogens is 482 g/mol. The molecule has 0 fully saturated rings. The van der Waals surface area contributed by atoms with Gasteiger partial charge >= 0.3 is 0 Å². The molecule has 7 nitrogen and oxygen atoms in total. The molecule has 31 heavy (non-hydrogen) atoms. The number of rotatable bonds is 7. The number of sulfonamides is 1. The van der Waals surface area contributed by atoms with Gasteiger partial charge < -0.3 is 9.73 Å². The Balaban J connectivity index is 1.66. The lowest BCUT2D eigenvalue weighted by molar-refractivity contribution is -0.112. The fraction of sp³-hybridized carbons (Fsp3) is 0.0909. The van der Waals surface area contributed by atoms with E-state index in [1.807, 2.05) is 25.1 Å². The number of carbonyl (C=O) groups excluding carboxylic acids is 1. The van der Waals surface area contributed by atoms with Crippen LogP contribution in [0.1, 0.15) is 17.1 Å². The molecule has 9 heteroatoms. The first-order valence-electron chi connectivity index (χ1n) is 9.10. The summed E-state index contributed by atoms with van der Waals surface area (Å²) in [5.41, 5.74) is 1.48. The molecule has 2 aromatic carbocycles. The molecule has 1 heterocycles. The van der Waals surface area contributed by atoms with Crippen LogP contribution in [-0.2, 0) is 21.4 Å². The Hall–Kier alpha value is -3.19. The van der Waals surface area contributed by atoms with E-state index in [0.717, 1.165) is 10.0 Å². The number of carbonyl (C=O) groups is 1. The molecule has 0 spiro atoms. The lowest BCUT2D eigenvalue weighted by Crippen LogP contribution is -2.22. The highest BCUT2D eigenvalue weighted by molar-refractivity contribution is 9.10. The molecule has 0 unspecified atom stereocenters. The summed E-state index contributed by atoms with van der Waals surface area (Å²) in [5.74, 6) is 0.0249. The van der Waals surface area contributed by atoms with Crippen molar-refractivity contribution in [1.29, 1.82) is 5.26 Å². The minimum atomic E-state index is -3.71. The van der Waals surface area contributed by atoms with Gasteiger partial charge in [-0.15, -0.1) is 0 Å². The van der Waals surface area contributed by atoms with Crippen molar-refractivity contribution in [1.82, 2.24) is 4.72 Å². The van der Waals surface area contributed by atoms with E-state index >= 15 is 0 Å². The van der Waals surface area contributed by atoms with E-state index in [1.54, 1.807) is 36.4 Å². The summed E-state index contributed by atoms with van der Waals surface area (Å²) in [6, 6.07) is 18.4.